The Bertz CT molecular complexity index is 951. The summed E-state index contributed by atoms with van der Waals surface area (Å²) in [5.74, 6) is -0.0498. The predicted molar refractivity (Wildman–Crippen MR) is 120 cm³/mol. The van der Waals surface area contributed by atoms with Crippen molar-refractivity contribution in [2.75, 3.05) is 32.7 Å². The molecule has 1 spiro atoms. The Morgan fingerprint density at radius 3 is 2.58 bits per heavy atom. The zero-order chi connectivity index (χ0) is 21.4. The van der Waals surface area contributed by atoms with Gasteiger partial charge in [-0.25, -0.2) is 0 Å². The molecule has 1 atom stereocenters. The smallest absolute Gasteiger partial charge is 0.227 e. The maximum atomic E-state index is 13.2. The first-order valence-electron chi connectivity index (χ1n) is 11.2. The van der Waals surface area contributed by atoms with Gasteiger partial charge in [0.1, 0.15) is 0 Å². The van der Waals surface area contributed by atoms with Crippen molar-refractivity contribution >= 4 is 17.5 Å². The highest BCUT2D eigenvalue weighted by Crippen LogP contribution is 2.44. The van der Waals surface area contributed by atoms with Crippen LogP contribution in [0.3, 0.4) is 0 Å². The Hall–Kier alpha value is -1.92. The van der Waals surface area contributed by atoms with Gasteiger partial charge >= 0.3 is 0 Å². The number of aliphatic hydroxyl groups is 1. The van der Waals surface area contributed by atoms with Crippen LogP contribution in [0.1, 0.15) is 29.5 Å². The van der Waals surface area contributed by atoms with Crippen molar-refractivity contribution in [3.8, 4) is 0 Å². The number of piperidine rings is 1. The molecule has 0 bridgehead atoms. The van der Waals surface area contributed by atoms with Gasteiger partial charge in [0.2, 0.25) is 5.91 Å². The van der Waals surface area contributed by atoms with E-state index in [1.807, 2.05) is 24.3 Å². The van der Waals surface area contributed by atoms with Crippen molar-refractivity contribution in [1.82, 2.24) is 9.80 Å². The summed E-state index contributed by atoms with van der Waals surface area (Å²) < 4.78 is 6.29. The number of benzene rings is 2. The molecule has 0 radical (unpaired) electrons. The molecule has 0 aliphatic carbocycles. The standard InChI is InChI=1S/C25H29ClN2O3/c26-23-8-4-2-5-18(23)13-20(24(30)28-15-21(29)16-28)14-27-11-9-25(10-12-27)22-7-3-1-6-19(22)17-31-25/h1-8,20-21,29H,9-17H2. The number of nitrogens with zero attached hydrogens (tertiary/aromatic N) is 2. The number of hydrogen-bond acceptors (Lipinski definition) is 4. The lowest BCUT2D eigenvalue weighted by Crippen LogP contribution is -2.57. The highest BCUT2D eigenvalue weighted by atomic mass is 35.5. The fourth-order valence-corrected chi connectivity index (χ4v) is 5.47. The molecule has 6 heteroatoms. The van der Waals surface area contributed by atoms with Gasteiger partial charge in [0.15, 0.2) is 0 Å². The van der Waals surface area contributed by atoms with Crippen LogP contribution in [0.2, 0.25) is 5.02 Å². The van der Waals surface area contributed by atoms with Gasteiger partial charge in [0.25, 0.3) is 0 Å². The summed E-state index contributed by atoms with van der Waals surface area (Å²) in [6.07, 6.45) is 2.12. The maximum Gasteiger partial charge on any atom is 0.227 e. The molecule has 0 aromatic heterocycles. The van der Waals surface area contributed by atoms with Crippen molar-refractivity contribution in [2.45, 2.75) is 37.6 Å². The number of fused-ring (bicyclic) bond motifs is 2. The van der Waals surface area contributed by atoms with Crippen molar-refractivity contribution in [3.63, 3.8) is 0 Å². The van der Waals surface area contributed by atoms with E-state index < -0.39 is 0 Å². The van der Waals surface area contributed by atoms with Crippen molar-refractivity contribution in [2.24, 2.45) is 5.92 Å². The van der Waals surface area contributed by atoms with Crippen LogP contribution in [0, 0.1) is 5.92 Å². The van der Waals surface area contributed by atoms with E-state index >= 15 is 0 Å². The quantitative estimate of drug-likeness (QED) is 0.775. The van der Waals surface area contributed by atoms with Crippen LogP contribution in [0.25, 0.3) is 0 Å². The van der Waals surface area contributed by atoms with E-state index in [1.165, 1.54) is 11.1 Å². The van der Waals surface area contributed by atoms with E-state index in [0.29, 0.717) is 37.7 Å². The maximum absolute atomic E-state index is 13.2. The number of amides is 1. The number of carbonyl (C=O) groups excluding carboxylic acids is 1. The highest BCUT2D eigenvalue weighted by Gasteiger charge is 2.43. The summed E-state index contributed by atoms with van der Waals surface area (Å²) in [6, 6.07) is 16.3. The number of ether oxygens (including phenoxy) is 1. The van der Waals surface area contributed by atoms with Crippen molar-refractivity contribution < 1.29 is 14.6 Å². The zero-order valence-electron chi connectivity index (χ0n) is 17.7. The van der Waals surface area contributed by atoms with Gasteiger partial charge in [-0.3, -0.25) is 4.79 Å². The lowest BCUT2D eigenvalue weighted by Gasteiger charge is -2.42. The molecule has 3 heterocycles. The fourth-order valence-electron chi connectivity index (χ4n) is 5.26. The lowest BCUT2D eigenvalue weighted by molar-refractivity contribution is -0.147. The molecule has 31 heavy (non-hydrogen) atoms. The summed E-state index contributed by atoms with van der Waals surface area (Å²) >= 11 is 6.40. The number of β-amino-alcohol motifs (C(OH)–C–C–N with tert-alkyl or cyclic N) is 1. The van der Waals surface area contributed by atoms with E-state index in [0.717, 1.165) is 31.5 Å². The highest BCUT2D eigenvalue weighted by molar-refractivity contribution is 6.31. The van der Waals surface area contributed by atoms with Crippen molar-refractivity contribution in [3.05, 3.63) is 70.2 Å². The number of rotatable bonds is 5. The molecular weight excluding hydrogens is 412 g/mol. The lowest BCUT2D eigenvalue weighted by atomic mass is 9.83. The Morgan fingerprint density at radius 1 is 1.13 bits per heavy atom. The third kappa shape index (κ3) is 4.12. The average Bonchev–Trinajstić information content (AvgIpc) is 3.12. The van der Waals surface area contributed by atoms with Crippen LogP contribution in [-0.2, 0) is 28.2 Å². The molecule has 5 nitrogen and oxygen atoms in total. The van der Waals surface area contributed by atoms with Crippen LogP contribution < -0.4 is 0 Å². The second-order valence-corrected chi connectivity index (χ2v) is 9.54. The van der Waals surface area contributed by atoms with E-state index in [-0.39, 0.29) is 23.5 Å². The first-order chi connectivity index (χ1) is 15.0. The summed E-state index contributed by atoms with van der Waals surface area (Å²) in [5, 5.41) is 10.4. The number of aliphatic hydroxyl groups excluding tert-OH is 1. The van der Waals surface area contributed by atoms with E-state index in [4.69, 9.17) is 16.3 Å². The Kier molecular flexibility index (Phi) is 5.78. The Labute approximate surface area is 188 Å². The first-order valence-corrected chi connectivity index (χ1v) is 11.6. The third-order valence-electron chi connectivity index (χ3n) is 7.10. The zero-order valence-corrected chi connectivity index (χ0v) is 18.4. The topological polar surface area (TPSA) is 53.0 Å². The Morgan fingerprint density at radius 2 is 1.84 bits per heavy atom. The molecule has 1 unspecified atom stereocenters. The molecular formula is C25H29ClN2O3. The number of hydrogen-bond donors (Lipinski definition) is 1. The molecule has 2 fully saturated rings. The van der Waals surface area contributed by atoms with Gasteiger partial charge in [-0.15, -0.1) is 0 Å². The second-order valence-electron chi connectivity index (χ2n) is 9.13. The normalized spacial score (nSPS) is 21.7. The molecule has 1 N–H and O–H groups in total. The molecule has 0 saturated carbocycles. The SMILES string of the molecule is O=C(C(Cc1ccccc1Cl)CN1CCC2(CC1)OCc1ccccc12)N1CC(O)C1. The van der Waals surface area contributed by atoms with Crippen molar-refractivity contribution in [1.29, 1.82) is 0 Å². The molecule has 1 amide bonds. The van der Waals surface area contributed by atoms with E-state index in [9.17, 15) is 9.90 Å². The predicted octanol–water partition coefficient (Wildman–Crippen LogP) is 3.22. The van der Waals surface area contributed by atoms with Gasteiger partial charge in [-0.1, -0.05) is 54.1 Å². The van der Waals surface area contributed by atoms with Gasteiger partial charge in [0, 0.05) is 37.7 Å². The van der Waals surface area contributed by atoms with Gasteiger partial charge in [-0.05, 0) is 42.0 Å². The monoisotopic (exact) mass is 440 g/mol. The van der Waals surface area contributed by atoms with Crippen LogP contribution >= 0.6 is 11.6 Å². The largest absolute Gasteiger partial charge is 0.389 e. The molecule has 164 valence electrons. The first kappa shape index (κ1) is 21.0. The summed E-state index contributed by atoms with van der Waals surface area (Å²) in [6.45, 7) is 4.08. The molecule has 5 rings (SSSR count). The molecule has 2 aromatic carbocycles. The second kappa shape index (κ2) is 8.55. The fraction of sp³-hybridized carbons (Fsp3) is 0.480. The van der Waals surface area contributed by atoms with Crippen LogP contribution in [0.15, 0.2) is 48.5 Å². The third-order valence-corrected chi connectivity index (χ3v) is 7.47. The average molecular weight is 441 g/mol. The Balaban J connectivity index is 1.27. The molecule has 3 aliphatic rings. The van der Waals surface area contributed by atoms with Crippen LogP contribution in [0.4, 0.5) is 0 Å². The summed E-state index contributed by atoms with van der Waals surface area (Å²) in [7, 11) is 0. The minimum absolute atomic E-state index is 0.118. The van der Waals surface area contributed by atoms with Gasteiger partial charge < -0.3 is 19.6 Å². The number of carbonyl (C=O) groups is 1. The minimum Gasteiger partial charge on any atom is -0.389 e. The number of halogens is 1. The van der Waals surface area contributed by atoms with Gasteiger partial charge in [0.05, 0.1) is 24.2 Å². The molecule has 2 saturated heterocycles. The number of likely N-dealkylation sites (tertiary alicyclic amines) is 2. The van der Waals surface area contributed by atoms with Crippen LogP contribution in [0.5, 0.6) is 0 Å². The summed E-state index contributed by atoms with van der Waals surface area (Å²) in [5.41, 5.74) is 3.48. The summed E-state index contributed by atoms with van der Waals surface area (Å²) in [4.78, 5) is 17.4. The van der Waals surface area contributed by atoms with Crippen LogP contribution in [-0.4, -0.2) is 59.6 Å². The van der Waals surface area contributed by atoms with E-state index in [1.54, 1.807) is 4.90 Å². The molecule has 3 aliphatic heterocycles. The van der Waals surface area contributed by atoms with E-state index in [2.05, 4.69) is 29.2 Å². The molecule has 2 aromatic rings. The minimum atomic E-state index is -0.389. The van der Waals surface area contributed by atoms with Gasteiger partial charge in [-0.2, -0.15) is 0 Å².